The van der Waals surface area contributed by atoms with Gasteiger partial charge in [-0.3, -0.25) is 4.68 Å². The maximum atomic E-state index is 12.8. The van der Waals surface area contributed by atoms with Crippen molar-refractivity contribution in [1.82, 2.24) is 14.3 Å². The lowest BCUT2D eigenvalue weighted by Crippen LogP contribution is -2.23. The van der Waals surface area contributed by atoms with Crippen molar-refractivity contribution in [3.05, 3.63) is 67.0 Å². The fourth-order valence-corrected chi connectivity index (χ4v) is 2.08. The first-order chi connectivity index (χ1) is 10.7. The zero-order valence-corrected chi connectivity index (χ0v) is 11.8. The fourth-order valence-electron chi connectivity index (χ4n) is 2.08. The van der Waals surface area contributed by atoms with E-state index in [2.05, 4.69) is 5.10 Å². The number of aliphatic hydroxyl groups is 1. The predicted octanol–water partition coefficient (Wildman–Crippen LogP) is 2.25. The van der Waals surface area contributed by atoms with E-state index in [9.17, 15) is 9.50 Å². The van der Waals surface area contributed by atoms with Crippen LogP contribution in [0.15, 0.2) is 61.2 Å². The highest BCUT2D eigenvalue weighted by Crippen LogP contribution is 2.12. The molecule has 1 N–H and O–H groups in total. The number of nitrogens with zero attached hydrogens (tertiary/aromatic N) is 3. The Bertz CT molecular complexity index is 707. The van der Waals surface area contributed by atoms with E-state index >= 15 is 0 Å². The van der Waals surface area contributed by atoms with Gasteiger partial charge in [0.25, 0.3) is 0 Å². The second kappa shape index (κ2) is 6.44. The molecule has 1 atom stereocenters. The molecule has 114 valence electrons. The highest BCUT2D eigenvalue weighted by atomic mass is 19.1. The summed E-state index contributed by atoms with van der Waals surface area (Å²) in [5.41, 5.74) is 0.927. The zero-order chi connectivity index (χ0) is 15.4. The van der Waals surface area contributed by atoms with Crippen LogP contribution in [0.3, 0.4) is 0 Å². The lowest BCUT2D eigenvalue weighted by molar-refractivity contribution is 0.0893. The van der Waals surface area contributed by atoms with Gasteiger partial charge in [-0.05, 0) is 36.4 Å². The predicted molar refractivity (Wildman–Crippen MR) is 79.5 cm³/mol. The second-order valence-electron chi connectivity index (χ2n) is 4.93. The Morgan fingerprint density at radius 3 is 2.64 bits per heavy atom. The van der Waals surface area contributed by atoms with Crippen LogP contribution in [-0.2, 0) is 6.54 Å². The minimum Gasteiger partial charge on any atom is -0.491 e. The first-order valence-corrected chi connectivity index (χ1v) is 6.93. The normalized spacial score (nSPS) is 12.3. The number of hydrogen-bond donors (Lipinski definition) is 1. The van der Waals surface area contributed by atoms with Crippen LogP contribution in [0.5, 0.6) is 5.75 Å². The summed E-state index contributed by atoms with van der Waals surface area (Å²) in [7, 11) is 0. The van der Waals surface area contributed by atoms with Crippen LogP contribution < -0.4 is 4.74 Å². The second-order valence-corrected chi connectivity index (χ2v) is 4.93. The number of hydrogen-bond acceptors (Lipinski definition) is 3. The van der Waals surface area contributed by atoms with E-state index in [1.165, 1.54) is 24.3 Å². The van der Waals surface area contributed by atoms with Gasteiger partial charge in [0.1, 0.15) is 24.3 Å². The summed E-state index contributed by atoms with van der Waals surface area (Å²) >= 11 is 0. The molecule has 0 saturated heterocycles. The largest absolute Gasteiger partial charge is 0.491 e. The molecule has 6 heteroatoms. The molecule has 0 aliphatic carbocycles. The van der Waals surface area contributed by atoms with Crippen molar-refractivity contribution in [2.24, 2.45) is 0 Å². The van der Waals surface area contributed by atoms with E-state index in [1.807, 2.05) is 35.3 Å². The van der Waals surface area contributed by atoms with Crippen molar-refractivity contribution in [2.75, 3.05) is 6.61 Å². The molecule has 0 fully saturated rings. The van der Waals surface area contributed by atoms with Gasteiger partial charge in [0.15, 0.2) is 0 Å². The number of aliphatic hydroxyl groups excluding tert-OH is 1. The summed E-state index contributed by atoms with van der Waals surface area (Å²) in [6.45, 7) is 0.437. The van der Waals surface area contributed by atoms with Crippen LogP contribution in [0.2, 0.25) is 0 Å². The Kier molecular flexibility index (Phi) is 4.20. The molecule has 1 aromatic carbocycles. The molecular weight excluding hydrogens is 285 g/mol. The minimum atomic E-state index is -0.706. The van der Waals surface area contributed by atoms with Crippen LogP contribution in [0.25, 0.3) is 5.69 Å². The van der Waals surface area contributed by atoms with E-state index in [0.29, 0.717) is 12.3 Å². The van der Waals surface area contributed by atoms with Crippen molar-refractivity contribution in [3.63, 3.8) is 0 Å². The molecule has 0 saturated carbocycles. The molecular formula is C16H16FN3O2. The fraction of sp³-hybridized carbons (Fsp3) is 0.188. The molecule has 5 nitrogen and oxygen atoms in total. The lowest BCUT2D eigenvalue weighted by Gasteiger charge is -2.12. The molecule has 2 aromatic heterocycles. The molecule has 2 heterocycles. The molecule has 0 bridgehead atoms. The summed E-state index contributed by atoms with van der Waals surface area (Å²) in [5, 5.41) is 14.2. The van der Waals surface area contributed by atoms with Crippen molar-refractivity contribution < 1.29 is 14.2 Å². The number of benzene rings is 1. The van der Waals surface area contributed by atoms with Gasteiger partial charge >= 0.3 is 0 Å². The van der Waals surface area contributed by atoms with Crippen LogP contribution >= 0.6 is 0 Å². The third-order valence-corrected chi connectivity index (χ3v) is 3.18. The molecule has 1 unspecified atom stereocenters. The maximum Gasteiger partial charge on any atom is 0.123 e. The van der Waals surface area contributed by atoms with Gasteiger partial charge in [-0.1, -0.05) is 0 Å². The van der Waals surface area contributed by atoms with E-state index in [4.69, 9.17) is 4.74 Å². The third-order valence-electron chi connectivity index (χ3n) is 3.18. The van der Waals surface area contributed by atoms with Crippen LogP contribution in [0.4, 0.5) is 4.39 Å². The van der Waals surface area contributed by atoms with Gasteiger partial charge in [-0.15, -0.1) is 0 Å². The highest BCUT2D eigenvalue weighted by Gasteiger charge is 2.08. The van der Waals surface area contributed by atoms with Crippen LogP contribution in [-0.4, -0.2) is 32.2 Å². The van der Waals surface area contributed by atoms with Crippen LogP contribution in [0, 0.1) is 5.82 Å². The molecule has 0 radical (unpaired) electrons. The molecule has 0 amide bonds. The van der Waals surface area contributed by atoms with Crippen molar-refractivity contribution >= 4 is 0 Å². The first-order valence-electron chi connectivity index (χ1n) is 6.93. The Hall–Kier alpha value is -2.60. The zero-order valence-electron chi connectivity index (χ0n) is 11.8. The van der Waals surface area contributed by atoms with Gasteiger partial charge < -0.3 is 14.4 Å². The topological polar surface area (TPSA) is 52.2 Å². The highest BCUT2D eigenvalue weighted by molar-refractivity contribution is 5.26. The Balaban J connectivity index is 1.53. The van der Waals surface area contributed by atoms with Crippen molar-refractivity contribution in [2.45, 2.75) is 12.6 Å². The molecule has 3 rings (SSSR count). The number of aromatic nitrogens is 3. The average Bonchev–Trinajstić information content (AvgIpc) is 3.17. The Labute approximate surface area is 127 Å². The summed E-state index contributed by atoms with van der Waals surface area (Å²) in [6.07, 6.45) is 6.72. The SMILES string of the molecule is OC(COc1ccc(F)cc1)Cn1cc(-n2cccc2)cn1. The van der Waals surface area contributed by atoms with Gasteiger partial charge in [0, 0.05) is 18.6 Å². The number of ether oxygens (including phenoxy) is 1. The van der Waals surface area contributed by atoms with Crippen LogP contribution in [0.1, 0.15) is 0 Å². The molecule has 0 aliphatic heterocycles. The summed E-state index contributed by atoms with van der Waals surface area (Å²) < 4.78 is 21.8. The smallest absolute Gasteiger partial charge is 0.123 e. The number of halogens is 1. The van der Waals surface area contributed by atoms with E-state index in [0.717, 1.165) is 5.69 Å². The van der Waals surface area contributed by atoms with Crippen molar-refractivity contribution in [3.8, 4) is 11.4 Å². The molecule has 3 aromatic rings. The summed E-state index contributed by atoms with van der Waals surface area (Å²) in [5.74, 6) is 0.205. The average molecular weight is 301 g/mol. The van der Waals surface area contributed by atoms with E-state index < -0.39 is 6.10 Å². The van der Waals surface area contributed by atoms with Crippen molar-refractivity contribution in [1.29, 1.82) is 0 Å². The van der Waals surface area contributed by atoms with E-state index in [-0.39, 0.29) is 12.4 Å². The van der Waals surface area contributed by atoms with Gasteiger partial charge in [0.2, 0.25) is 0 Å². The summed E-state index contributed by atoms with van der Waals surface area (Å²) in [6, 6.07) is 9.56. The third kappa shape index (κ3) is 3.53. The molecule has 22 heavy (non-hydrogen) atoms. The van der Waals surface area contributed by atoms with Gasteiger partial charge in [-0.2, -0.15) is 5.10 Å². The molecule has 0 spiro atoms. The summed E-state index contributed by atoms with van der Waals surface area (Å²) in [4.78, 5) is 0. The van der Waals surface area contributed by atoms with Gasteiger partial charge in [-0.25, -0.2) is 4.39 Å². The Morgan fingerprint density at radius 2 is 1.91 bits per heavy atom. The lowest BCUT2D eigenvalue weighted by atomic mass is 10.3. The van der Waals surface area contributed by atoms with Gasteiger partial charge in [0.05, 0.1) is 18.4 Å². The quantitative estimate of drug-likeness (QED) is 0.760. The minimum absolute atomic E-state index is 0.115. The standard InChI is InChI=1S/C16H16FN3O2/c17-13-3-5-16(6-4-13)22-12-15(21)11-20-10-14(9-18-20)19-7-1-2-8-19/h1-10,15,21H,11-12H2. The number of rotatable bonds is 6. The van der Waals surface area contributed by atoms with E-state index in [1.54, 1.807) is 10.9 Å². The Morgan fingerprint density at radius 1 is 1.18 bits per heavy atom. The maximum absolute atomic E-state index is 12.8. The molecule has 0 aliphatic rings. The first kappa shape index (κ1) is 14.3. The monoisotopic (exact) mass is 301 g/mol.